The summed E-state index contributed by atoms with van der Waals surface area (Å²) < 4.78 is 0. The van der Waals surface area contributed by atoms with Crippen molar-refractivity contribution in [2.24, 2.45) is 0 Å². The van der Waals surface area contributed by atoms with E-state index in [1.54, 1.807) is 12.4 Å². The molecule has 4 rings (SSSR count). The maximum atomic E-state index is 12.7. The van der Waals surface area contributed by atoms with Gasteiger partial charge in [-0.25, -0.2) is 14.8 Å². The Kier molecular flexibility index (Phi) is 5.70. The molecule has 3 aromatic rings. The molecule has 1 fully saturated rings. The Morgan fingerprint density at radius 1 is 0.931 bits per heavy atom. The van der Waals surface area contributed by atoms with Crippen molar-refractivity contribution in [1.82, 2.24) is 14.9 Å². The fourth-order valence-electron chi connectivity index (χ4n) is 3.66. The maximum absolute atomic E-state index is 12.7. The average Bonchev–Trinajstić information content (AvgIpc) is 2.80. The van der Waals surface area contributed by atoms with Gasteiger partial charge >= 0.3 is 6.03 Å². The van der Waals surface area contributed by atoms with Crippen LogP contribution in [0, 0.1) is 0 Å². The van der Waals surface area contributed by atoms with E-state index in [0.717, 1.165) is 48.7 Å². The standard InChI is InChI=1S/C23H25N5O/c1-27(21-12-16-28(17-13-21)22-24-14-5-15-25-22)23(29)26-20-10-8-19(9-11-20)18-6-3-2-4-7-18/h2-11,14-15,21H,12-13,16-17H2,1H3,(H,26,29). The second kappa shape index (κ2) is 8.73. The van der Waals surface area contributed by atoms with Gasteiger partial charge in [-0.15, -0.1) is 0 Å². The molecule has 1 saturated heterocycles. The van der Waals surface area contributed by atoms with E-state index < -0.39 is 0 Å². The van der Waals surface area contributed by atoms with Crippen LogP contribution in [0.4, 0.5) is 16.4 Å². The number of amides is 2. The first kappa shape index (κ1) is 18.9. The van der Waals surface area contributed by atoms with Gasteiger partial charge in [0.25, 0.3) is 0 Å². The van der Waals surface area contributed by atoms with E-state index in [1.165, 1.54) is 0 Å². The van der Waals surface area contributed by atoms with Gasteiger partial charge < -0.3 is 15.1 Å². The van der Waals surface area contributed by atoms with Gasteiger partial charge in [0.2, 0.25) is 5.95 Å². The van der Waals surface area contributed by atoms with Crippen molar-refractivity contribution in [2.45, 2.75) is 18.9 Å². The van der Waals surface area contributed by atoms with E-state index in [4.69, 9.17) is 0 Å². The number of urea groups is 1. The Balaban J connectivity index is 1.32. The molecule has 2 amide bonds. The Bertz CT molecular complexity index is 923. The highest BCUT2D eigenvalue weighted by atomic mass is 16.2. The molecule has 0 radical (unpaired) electrons. The third kappa shape index (κ3) is 4.54. The largest absolute Gasteiger partial charge is 0.341 e. The molecule has 0 aliphatic carbocycles. The molecule has 6 nitrogen and oxygen atoms in total. The molecule has 1 aromatic heterocycles. The van der Waals surface area contributed by atoms with Crippen LogP contribution in [0.3, 0.4) is 0 Å². The lowest BCUT2D eigenvalue weighted by Gasteiger charge is -2.36. The average molecular weight is 387 g/mol. The predicted octanol–water partition coefficient (Wildman–Crippen LogP) is 4.28. The molecule has 1 N–H and O–H groups in total. The van der Waals surface area contributed by atoms with Gasteiger partial charge in [0.05, 0.1) is 0 Å². The maximum Gasteiger partial charge on any atom is 0.321 e. The van der Waals surface area contributed by atoms with Crippen LogP contribution >= 0.6 is 0 Å². The summed E-state index contributed by atoms with van der Waals surface area (Å²) in [5.41, 5.74) is 3.10. The Morgan fingerprint density at radius 2 is 1.55 bits per heavy atom. The number of nitrogens with zero attached hydrogens (tertiary/aromatic N) is 4. The number of rotatable bonds is 4. The van der Waals surface area contributed by atoms with Crippen molar-refractivity contribution in [3.05, 3.63) is 73.1 Å². The molecule has 0 spiro atoms. The van der Waals surface area contributed by atoms with Gasteiger partial charge in [-0.2, -0.15) is 0 Å². The predicted molar refractivity (Wildman–Crippen MR) is 116 cm³/mol. The molecule has 2 aromatic carbocycles. The lowest BCUT2D eigenvalue weighted by Crippen LogP contribution is -2.47. The quantitative estimate of drug-likeness (QED) is 0.726. The molecule has 29 heavy (non-hydrogen) atoms. The number of carbonyl (C=O) groups is 1. The fourth-order valence-corrected chi connectivity index (χ4v) is 3.66. The number of hydrogen-bond acceptors (Lipinski definition) is 4. The van der Waals surface area contributed by atoms with Crippen LogP contribution in [0.5, 0.6) is 0 Å². The van der Waals surface area contributed by atoms with Crippen LogP contribution in [0.1, 0.15) is 12.8 Å². The zero-order valence-electron chi connectivity index (χ0n) is 16.5. The summed E-state index contributed by atoms with van der Waals surface area (Å²) in [4.78, 5) is 25.3. The molecule has 0 unspecified atom stereocenters. The Morgan fingerprint density at radius 3 is 2.21 bits per heavy atom. The van der Waals surface area contributed by atoms with Crippen molar-refractivity contribution >= 4 is 17.7 Å². The van der Waals surface area contributed by atoms with Crippen LogP contribution in [0.25, 0.3) is 11.1 Å². The molecule has 1 aliphatic heterocycles. The minimum Gasteiger partial charge on any atom is -0.341 e. The highest BCUT2D eigenvalue weighted by molar-refractivity contribution is 5.89. The van der Waals surface area contributed by atoms with Gasteiger partial charge in [-0.3, -0.25) is 0 Å². The number of carbonyl (C=O) groups excluding carboxylic acids is 1. The first-order chi connectivity index (χ1) is 14.2. The van der Waals surface area contributed by atoms with E-state index in [-0.39, 0.29) is 12.1 Å². The lowest BCUT2D eigenvalue weighted by molar-refractivity contribution is 0.193. The second-order valence-electron chi connectivity index (χ2n) is 7.25. The molecule has 6 heteroatoms. The minimum atomic E-state index is -0.0770. The van der Waals surface area contributed by atoms with E-state index >= 15 is 0 Å². The number of anilines is 2. The van der Waals surface area contributed by atoms with Crippen LogP contribution in [0.15, 0.2) is 73.1 Å². The first-order valence-corrected chi connectivity index (χ1v) is 9.92. The number of benzene rings is 2. The molecular weight excluding hydrogens is 362 g/mol. The monoisotopic (exact) mass is 387 g/mol. The summed E-state index contributed by atoms with van der Waals surface area (Å²) >= 11 is 0. The number of aromatic nitrogens is 2. The Hall–Kier alpha value is -3.41. The smallest absolute Gasteiger partial charge is 0.321 e. The molecule has 148 valence electrons. The molecular formula is C23H25N5O. The van der Waals surface area contributed by atoms with Crippen molar-refractivity contribution < 1.29 is 4.79 Å². The van der Waals surface area contributed by atoms with Crippen LogP contribution in [-0.2, 0) is 0 Å². The molecule has 0 saturated carbocycles. The number of nitrogens with one attached hydrogen (secondary N) is 1. The summed E-state index contributed by atoms with van der Waals surface area (Å²) in [7, 11) is 1.87. The third-order valence-electron chi connectivity index (χ3n) is 5.41. The van der Waals surface area contributed by atoms with E-state index in [0.29, 0.717) is 0 Å². The van der Waals surface area contributed by atoms with Gasteiger partial charge in [0, 0.05) is 44.3 Å². The van der Waals surface area contributed by atoms with Gasteiger partial charge in [0.1, 0.15) is 0 Å². The SMILES string of the molecule is CN(C(=O)Nc1ccc(-c2ccccc2)cc1)C1CCN(c2ncccn2)CC1. The van der Waals surface area contributed by atoms with Crippen LogP contribution in [-0.4, -0.2) is 47.1 Å². The summed E-state index contributed by atoms with van der Waals surface area (Å²) in [5.74, 6) is 0.761. The van der Waals surface area contributed by atoms with Crippen LogP contribution < -0.4 is 10.2 Å². The topological polar surface area (TPSA) is 61.4 Å². The summed E-state index contributed by atoms with van der Waals surface area (Å²) in [6, 6.07) is 20.1. The van der Waals surface area contributed by atoms with Gasteiger partial charge in [-0.05, 0) is 42.2 Å². The zero-order chi connectivity index (χ0) is 20.1. The number of hydrogen-bond donors (Lipinski definition) is 1. The van der Waals surface area contributed by atoms with Crippen molar-refractivity contribution in [3.8, 4) is 11.1 Å². The normalized spacial score (nSPS) is 14.4. The molecule has 0 bridgehead atoms. The highest BCUT2D eigenvalue weighted by Gasteiger charge is 2.26. The molecule has 1 aliphatic rings. The van der Waals surface area contributed by atoms with Crippen molar-refractivity contribution in [1.29, 1.82) is 0 Å². The highest BCUT2D eigenvalue weighted by Crippen LogP contribution is 2.22. The molecule has 2 heterocycles. The minimum absolute atomic E-state index is 0.0770. The summed E-state index contributed by atoms with van der Waals surface area (Å²) in [6.07, 6.45) is 5.32. The lowest BCUT2D eigenvalue weighted by atomic mass is 10.0. The van der Waals surface area contributed by atoms with E-state index in [9.17, 15) is 4.79 Å². The first-order valence-electron chi connectivity index (χ1n) is 9.92. The zero-order valence-corrected chi connectivity index (χ0v) is 16.5. The Labute approximate surface area is 171 Å². The van der Waals surface area contributed by atoms with Crippen molar-refractivity contribution in [3.63, 3.8) is 0 Å². The van der Waals surface area contributed by atoms with E-state index in [1.807, 2.05) is 60.5 Å². The second-order valence-corrected chi connectivity index (χ2v) is 7.25. The van der Waals surface area contributed by atoms with Crippen molar-refractivity contribution in [2.75, 3.05) is 30.4 Å². The van der Waals surface area contributed by atoms with E-state index in [2.05, 4.69) is 32.3 Å². The van der Waals surface area contributed by atoms with Crippen LogP contribution in [0.2, 0.25) is 0 Å². The van der Waals surface area contributed by atoms with Gasteiger partial charge in [-0.1, -0.05) is 42.5 Å². The summed E-state index contributed by atoms with van der Waals surface area (Å²) in [5, 5.41) is 3.01. The third-order valence-corrected chi connectivity index (χ3v) is 5.41. The summed E-state index contributed by atoms with van der Waals surface area (Å²) in [6.45, 7) is 1.69. The number of piperidine rings is 1. The molecule has 0 atom stereocenters. The fraction of sp³-hybridized carbons (Fsp3) is 0.261. The van der Waals surface area contributed by atoms with Gasteiger partial charge in [0.15, 0.2) is 0 Å².